The highest BCUT2D eigenvalue weighted by Crippen LogP contribution is 2.20. The normalized spacial score (nSPS) is 13.4. The van der Waals surface area contributed by atoms with Gasteiger partial charge in [0.05, 0.1) is 10.9 Å². The summed E-state index contributed by atoms with van der Waals surface area (Å²) in [5, 5.41) is 5.53. The molecule has 2 rings (SSSR count). The molecule has 0 heterocycles. The lowest BCUT2D eigenvalue weighted by Crippen LogP contribution is -2.50. The van der Waals surface area contributed by atoms with E-state index in [0.717, 1.165) is 11.1 Å². The molecule has 34 heavy (non-hydrogen) atoms. The number of nitrogens with one attached hydrogen (secondary N) is 2. The maximum atomic E-state index is 12.9. The van der Waals surface area contributed by atoms with Crippen molar-refractivity contribution >= 4 is 22.0 Å². The van der Waals surface area contributed by atoms with Gasteiger partial charge in [-0.1, -0.05) is 70.2 Å². The van der Waals surface area contributed by atoms with Crippen LogP contribution in [0.5, 0.6) is 0 Å². The molecule has 2 N–H and O–H groups in total. The zero-order valence-electron chi connectivity index (χ0n) is 20.4. The first kappa shape index (κ1) is 27.3. The molecule has 0 aromatic heterocycles. The van der Waals surface area contributed by atoms with Crippen molar-refractivity contribution in [3.63, 3.8) is 0 Å². The van der Waals surface area contributed by atoms with Crippen LogP contribution in [0.4, 0.5) is 4.79 Å². The first-order valence-electron chi connectivity index (χ1n) is 11.5. The molecular weight excluding hydrogens is 454 g/mol. The van der Waals surface area contributed by atoms with E-state index in [1.807, 2.05) is 44.2 Å². The van der Waals surface area contributed by atoms with E-state index in [4.69, 9.17) is 4.74 Å². The lowest BCUT2D eigenvalue weighted by molar-refractivity contribution is -0.124. The van der Waals surface area contributed by atoms with Crippen LogP contribution in [0.3, 0.4) is 0 Å². The van der Waals surface area contributed by atoms with Gasteiger partial charge in [0, 0.05) is 13.1 Å². The zero-order valence-corrected chi connectivity index (χ0v) is 21.3. The van der Waals surface area contributed by atoms with Crippen LogP contribution >= 0.6 is 0 Å². The molecule has 0 radical (unpaired) electrons. The summed E-state index contributed by atoms with van der Waals surface area (Å²) in [7, 11) is -3.55. The minimum absolute atomic E-state index is 0.109. The first-order chi connectivity index (χ1) is 16.1. The topological polar surface area (TPSA) is 105 Å². The van der Waals surface area contributed by atoms with Crippen molar-refractivity contribution in [3.05, 3.63) is 65.7 Å². The van der Waals surface area contributed by atoms with Gasteiger partial charge in [0.25, 0.3) is 0 Å². The van der Waals surface area contributed by atoms with Crippen LogP contribution < -0.4 is 10.6 Å². The highest BCUT2D eigenvalue weighted by atomic mass is 32.2. The molecule has 0 fully saturated rings. The van der Waals surface area contributed by atoms with Gasteiger partial charge in [0.1, 0.15) is 12.6 Å². The van der Waals surface area contributed by atoms with Crippen molar-refractivity contribution in [1.82, 2.24) is 14.9 Å². The molecule has 2 aromatic rings. The minimum Gasteiger partial charge on any atom is -0.445 e. The fourth-order valence-electron chi connectivity index (χ4n) is 3.45. The monoisotopic (exact) mass is 489 g/mol. The van der Waals surface area contributed by atoms with Crippen LogP contribution in [0.25, 0.3) is 0 Å². The van der Waals surface area contributed by atoms with E-state index in [0.29, 0.717) is 13.1 Å². The first-order valence-corrected chi connectivity index (χ1v) is 12.9. The smallest absolute Gasteiger partial charge is 0.408 e. The number of benzene rings is 2. The second-order valence-electron chi connectivity index (χ2n) is 8.32. The molecule has 1 unspecified atom stereocenters. The zero-order chi connectivity index (χ0) is 25.3. The van der Waals surface area contributed by atoms with E-state index >= 15 is 0 Å². The third-order valence-corrected chi connectivity index (χ3v) is 7.58. The summed E-state index contributed by atoms with van der Waals surface area (Å²) < 4.78 is 32.0. The number of carbonyl (C=O) groups excluding carboxylic acids is 2. The largest absolute Gasteiger partial charge is 0.445 e. The molecule has 0 bridgehead atoms. The summed E-state index contributed by atoms with van der Waals surface area (Å²) in [5.41, 5.74) is 1.60. The van der Waals surface area contributed by atoms with Crippen LogP contribution in [0.1, 0.15) is 51.8 Å². The molecular formula is C25H35N3O5S. The lowest BCUT2D eigenvalue weighted by atomic mass is 10.0. The van der Waals surface area contributed by atoms with E-state index in [-0.39, 0.29) is 29.4 Å². The van der Waals surface area contributed by atoms with Crippen molar-refractivity contribution in [3.8, 4) is 0 Å². The number of sulfonamides is 1. The van der Waals surface area contributed by atoms with Crippen LogP contribution in [0.2, 0.25) is 0 Å². The van der Waals surface area contributed by atoms with Crippen molar-refractivity contribution in [2.45, 2.75) is 58.2 Å². The Kier molecular flexibility index (Phi) is 10.1. The lowest BCUT2D eigenvalue weighted by Gasteiger charge is -2.24. The standard InChI is InChI=1S/C25H35N3O5S/c1-6-28(7-2)34(31,32)22-15-13-21(14-16-22)19(5)26-24(29)23(18(3)4)27-25(30)33-17-20-11-9-8-10-12-20/h8-16,18-19,23H,6-7,17H2,1-5H3,(H,26,29)(H,27,30)/t19?,23-/m0/s1. The maximum absolute atomic E-state index is 12.9. The summed E-state index contributed by atoms with van der Waals surface area (Å²) in [6.45, 7) is 9.95. The van der Waals surface area contributed by atoms with Crippen LogP contribution in [-0.4, -0.2) is 43.9 Å². The highest BCUT2D eigenvalue weighted by Gasteiger charge is 2.27. The van der Waals surface area contributed by atoms with Gasteiger partial charge in [-0.05, 0) is 36.1 Å². The maximum Gasteiger partial charge on any atom is 0.408 e. The van der Waals surface area contributed by atoms with Gasteiger partial charge in [-0.15, -0.1) is 0 Å². The number of nitrogens with zero attached hydrogens (tertiary/aromatic N) is 1. The van der Waals surface area contributed by atoms with Gasteiger partial charge in [-0.3, -0.25) is 4.79 Å². The SMILES string of the molecule is CCN(CC)S(=O)(=O)c1ccc(C(C)NC(=O)[C@@H](NC(=O)OCc2ccccc2)C(C)C)cc1. The molecule has 0 aliphatic carbocycles. The highest BCUT2D eigenvalue weighted by molar-refractivity contribution is 7.89. The quantitative estimate of drug-likeness (QED) is 0.499. The molecule has 2 amide bonds. The van der Waals surface area contributed by atoms with Gasteiger partial charge in [0.15, 0.2) is 0 Å². The number of carbonyl (C=O) groups is 2. The fraction of sp³-hybridized carbons (Fsp3) is 0.440. The van der Waals surface area contributed by atoms with Gasteiger partial charge in [-0.2, -0.15) is 4.31 Å². The van der Waals surface area contributed by atoms with Crippen molar-refractivity contribution in [1.29, 1.82) is 0 Å². The average Bonchev–Trinajstić information content (AvgIpc) is 2.82. The van der Waals surface area contributed by atoms with Gasteiger partial charge < -0.3 is 15.4 Å². The third kappa shape index (κ3) is 7.30. The van der Waals surface area contributed by atoms with E-state index < -0.39 is 22.2 Å². The summed E-state index contributed by atoms with van der Waals surface area (Å²) in [5.74, 6) is -0.517. The second kappa shape index (κ2) is 12.5. The van der Waals surface area contributed by atoms with Gasteiger partial charge >= 0.3 is 6.09 Å². The van der Waals surface area contributed by atoms with E-state index in [1.54, 1.807) is 45.0 Å². The Morgan fingerprint density at radius 2 is 1.50 bits per heavy atom. The molecule has 0 saturated carbocycles. The molecule has 9 heteroatoms. The van der Waals surface area contributed by atoms with Gasteiger partial charge in [0.2, 0.25) is 15.9 Å². The van der Waals surface area contributed by atoms with Crippen LogP contribution in [0, 0.1) is 5.92 Å². The molecule has 2 aromatic carbocycles. The molecule has 2 atom stereocenters. The van der Waals surface area contributed by atoms with Crippen LogP contribution in [-0.2, 0) is 26.2 Å². The number of hydrogen-bond donors (Lipinski definition) is 2. The van der Waals surface area contributed by atoms with Gasteiger partial charge in [-0.25, -0.2) is 13.2 Å². The Bertz CT molecular complexity index is 1040. The van der Waals surface area contributed by atoms with Crippen molar-refractivity contribution in [2.24, 2.45) is 5.92 Å². The Hall–Kier alpha value is -2.91. The Balaban J connectivity index is 2.00. The predicted molar refractivity (Wildman–Crippen MR) is 131 cm³/mol. The van der Waals surface area contributed by atoms with Crippen molar-refractivity contribution < 1.29 is 22.7 Å². The Labute approximate surface area is 202 Å². The van der Waals surface area contributed by atoms with Crippen LogP contribution in [0.15, 0.2) is 59.5 Å². The average molecular weight is 490 g/mol. The van der Waals surface area contributed by atoms with E-state index in [2.05, 4.69) is 10.6 Å². The minimum atomic E-state index is -3.55. The summed E-state index contributed by atoms with van der Waals surface area (Å²) >= 11 is 0. The molecule has 0 aliphatic heterocycles. The molecule has 0 spiro atoms. The Morgan fingerprint density at radius 3 is 2.03 bits per heavy atom. The number of ether oxygens (including phenoxy) is 1. The molecule has 186 valence electrons. The number of alkyl carbamates (subject to hydrolysis) is 1. The fourth-order valence-corrected chi connectivity index (χ4v) is 4.91. The summed E-state index contributed by atoms with van der Waals surface area (Å²) in [6.07, 6.45) is -0.670. The van der Waals surface area contributed by atoms with Crippen molar-refractivity contribution in [2.75, 3.05) is 13.1 Å². The van der Waals surface area contributed by atoms with E-state index in [9.17, 15) is 18.0 Å². The number of rotatable bonds is 11. The second-order valence-corrected chi connectivity index (χ2v) is 10.3. The summed E-state index contributed by atoms with van der Waals surface area (Å²) in [4.78, 5) is 25.4. The molecule has 0 aliphatic rings. The predicted octanol–water partition coefficient (Wildman–Crippen LogP) is 3.85. The number of hydrogen-bond acceptors (Lipinski definition) is 5. The Morgan fingerprint density at radius 1 is 0.912 bits per heavy atom. The van der Waals surface area contributed by atoms with E-state index in [1.165, 1.54) is 4.31 Å². The number of amides is 2. The molecule has 0 saturated heterocycles. The molecule has 8 nitrogen and oxygen atoms in total. The third-order valence-electron chi connectivity index (χ3n) is 5.52. The summed E-state index contributed by atoms with van der Waals surface area (Å²) in [6, 6.07) is 14.6.